The highest BCUT2D eigenvalue weighted by molar-refractivity contribution is 7.89. The third kappa shape index (κ3) is 3.01. The van der Waals surface area contributed by atoms with Crippen LogP contribution in [0.4, 0.5) is 8.78 Å². The molecule has 1 saturated heterocycles. The number of piperazine rings is 1. The van der Waals surface area contributed by atoms with E-state index < -0.39 is 15.8 Å². The third-order valence-corrected chi connectivity index (χ3v) is 3.20. The summed E-state index contributed by atoms with van der Waals surface area (Å²) in [5.74, 6) is -3.30. The number of alkyl halides is 2. The Kier molecular flexibility index (Phi) is 5.05. The summed E-state index contributed by atoms with van der Waals surface area (Å²) in [6.07, 6.45) is 0. The van der Waals surface area contributed by atoms with Crippen molar-refractivity contribution in [1.29, 1.82) is 0 Å². The first-order valence-electron chi connectivity index (χ1n) is 3.53. The predicted molar refractivity (Wildman–Crippen MR) is 46.6 cm³/mol. The van der Waals surface area contributed by atoms with Gasteiger partial charge in [-0.25, -0.2) is 8.42 Å². The molecule has 1 heterocycles. The molecular weight excluding hydrogens is 226 g/mol. The van der Waals surface area contributed by atoms with Crippen LogP contribution in [0, 0.1) is 0 Å². The minimum Gasteiger partial charge on any atom is -0.314 e. The molecule has 0 aromatic carbocycles. The topological polar surface area (TPSA) is 49.4 Å². The van der Waals surface area contributed by atoms with Crippen LogP contribution in [-0.2, 0) is 10.0 Å². The third-order valence-electron chi connectivity index (χ3n) is 1.66. The van der Waals surface area contributed by atoms with Gasteiger partial charge in [0.1, 0.15) is 0 Å². The van der Waals surface area contributed by atoms with E-state index in [1.54, 1.807) is 0 Å². The van der Waals surface area contributed by atoms with Crippen molar-refractivity contribution in [1.82, 2.24) is 9.62 Å². The van der Waals surface area contributed by atoms with Crippen molar-refractivity contribution in [3.8, 4) is 0 Å². The predicted octanol–water partition coefficient (Wildman–Crippen LogP) is -0.134. The Labute approximate surface area is 81.7 Å². The van der Waals surface area contributed by atoms with Gasteiger partial charge in [-0.05, 0) is 0 Å². The molecule has 1 N–H and O–H groups in total. The van der Waals surface area contributed by atoms with E-state index in [4.69, 9.17) is 0 Å². The lowest BCUT2D eigenvalue weighted by molar-refractivity contribution is 0.215. The summed E-state index contributed by atoms with van der Waals surface area (Å²) in [4.78, 5) is 0. The van der Waals surface area contributed by atoms with Crippen LogP contribution in [0.25, 0.3) is 0 Å². The van der Waals surface area contributed by atoms with Gasteiger partial charge < -0.3 is 5.32 Å². The molecule has 0 unspecified atom stereocenters. The summed E-state index contributed by atoms with van der Waals surface area (Å²) < 4.78 is 46.4. The summed E-state index contributed by atoms with van der Waals surface area (Å²) in [6, 6.07) is 0. The zero-order valence-corrected chi connectivity index (χ0v) is 8.37. The van der Waals surface area contributed by atoms with Crippen LogP contribution in [0.15, 0.2) is 0 Å². The van der Waals surface area contributed by atoms with E-state index in [1.165, 1.54) is 0 Å². The highest BCUT2D eigenvalue weighted by atomic mass is 35.5. The average molecular weight is 237 g/mol. The van der Waals surface area contributed by atoms with Crippen molar-refractivity contribution >= 4 is 22.4 Å². The number of hydrogen-bond donors (Lipinski definition) is 1. The summed E-state index contributed by atoms with van der Waals surface area (Å²) in [5.41, 5.74) is 0. The Morgan fingerprint density at radius 1 is 1.23 bits per heavy atom. The van der Waals surface area contributed by atoms with Crippen LogP contribution in [0.1, 0.15) is 0 Å². The second kappa shape index (κ2) is 5.04. The fraction of sp³-hybridized carbons (Fsp3) is 1.00. The van der Waals surface area contributed by atoms with Gasteiger partial charge in [0.15, 0.2) is 0 Å². The molecule has 0 saturated carbocycles. The Balaban J connectivity index is 0.00000144. The maximum absolute atomic E-state index is 11.9. The van der Waals surface area contributed by atoms with Gasteiger partial charge >= 0.3 is 5.76 Å². The zero-order valence-electron chi connectivity index (χ0n) is 6.74. The first-order valence-corrected chi connectivity index (χ1v) is 5.03. The number of nitrogens with zero attached hydrogens (tertiary/aromatic N) is 1. The molecule has 80 valence electrons. The Morgan fingerprint density at radius 3 is 2.08 bits per heavy atom. The van der Waals surface area contributed by atoms with E-state index >= 15 is 0 Å². The molecule has 8 heteroatoms. The zero-order chi connectivity index (χ0) is 9.19. The van der Waals surface area contributed by atoms with E-state index in [1.807, 2.05) is 0 Å². The molecule has 1 rings (SSSR count). The number of hydrogen-bond acceptors (Lipinski definition) is 3. The van der Waals surface area contributed by atoms with Crippen LogP contribution >= 0.6 is 12.4 Å². The standard InChI is InChI=1S/C5H10F2N2O2S.ClH/c6-5(7)12(10,11)9-3-1-8-2-4-9;/h5,8H,1-4H2;1H. The first kappa shape index (κ1) is 13.0. The molecule has 0 amide bonds. The number of sulfonamides is 1. The molecule has 0 bridgehead atoms. The maximum Gasteiger partial charge on any atom is 0.350 e. The van der Waals surface area contributed by atoms with E-state index in [9.17, 15) is 17.2 Å². The second-order valence-electron chi connectivity index (χ2n) is 2.45. The van der Waals surface area contributed by atoms with Gasteiger partial charge in [0.05, 0.1) is 0 Å². The molecule has 0 aromatic heterocycles. The molecular formula is C5H11ClF2N2O2S. The van der Waals surface area contributed by atoms with Crippen molar-refractivity contribution < 1.29 is 17.2 Å². The van der Waals surface area contributed by atoms with Gasteiger partial charge in [0.25, 0.3) is 10.0 Å². The van der Waals surface area contributed by atoms with Gasteiger partial charge in [0.2, 0.25) is 0 Å². The molecule has 0 aromatic rings. The van der Waals surface area contributed by atoms with E-state index in [0.29, 0.717) is 13.1 Å². The number of halogens is 3. The molecule has 0 radical (unpaired) electrons. The van der Waals surface area contributed by atoms with Gasteiger partial charge in [-0.3, -0.25) is 0 Å². The first-order chi connectivity index (χ1) is 5.55. The highest BCUT2D eigenvalue weighted by Gasteiger charge is 2.32. The van der Waals surface area contributed by atoms with E-state index in [0.717, 1.165) is 4.31 Å². The van der Waals surface area contributed by atoms with E-state index in [-0.39, 0.29) is 25.5 Å². The molecule has 13 heavy (non-hydrogen) atoms. The monoisotopic (exact) mass is 236 g/mol. The lowest BCUT2D eigenvalue weighted by Crippen LogP contribution is -2.48. The van der Waals surface area contributed by atoms with Crippen molar-refractivity contribution in [2.75, 3.05) is 26.2 Å². The van der Waals surface area contributed by atoms with Crippen LogP contribution in [0.3, 0.4) is 0 Å². The number of rotatable bonds is 2. The Hall–Kier alpha value is 0.0200. The molecule has 0 atom stereocenters. The molecule has 4 nitrogen and oxygen atoms in total. The van der Waals surface area contributed by atoms with Crippen molar-refractivity contribution in [2.24, 2.45) is 0 Å². The fourth-order valence-corrected chi connectivity index (χ4v) is 1.93. The minimum absolute atomic E-state index is 0. The van der Waals surface area contributed by atoms with E-state index in [2.05, 4.69) is 5.32 Å². The Morgan fingerprint density at radius 2 is 1.69 bits per heavy atom. The minimum atomic E-state index is -4.34. The molecule has 1 aliphatic rings. The summed E-state index contributed by atoms with van der Waals surface area (Å²) in [5, 5.41) is 2.87. The Bertz CT molecular complexity index is 241. The van der Waals surface area contributed by atoms with Gasteiger partial charge in [-0.1, -0.05) is 0 Å². The van der Waals surface area contributed by atoms with Crippen LogP contribution in [0.2, 0.25) is 0 Å². The number of nitrogens with one attached hydrogen (secondary N) is 1. The van der Waals surface area contributed by atoms with Gasteiger partial charge in [-0.15, -0.1) is 12.4 Å². The normalized spacial score (nSPS) is 19.9. The maximum atomic E-state index is 11.9. The molecule has 1 aliphatic heterocycles. The van der Waals surface area contributed by atoms with Crippen LogP contribution in [-0.4, -0.2) is 44.7 Å². The van der Waals surface area contributed by atoms with Gasteiger partial charge in [-0.2, -0.15) is 13.1 Å². The molecule has 0 spiro atoms. The molecule has 1 fully saturated rings. The summed E-state index contributed by atoms with van der Waals surface area (Å²) in [6.45, 7) is 1.14. The largest absolute Gasteiger partial charge is 0.350 e. The summed E-state index contributed by atoms with van der Waals surface area (Å²) in [7, 11) is -4.34. The SMILES string of the molecule is Cl.O=S(=O)(C(F)F)N1CCNCC1. The lowest BCUT2D eigenvalue weighted by Gasteiger charge is -2.25. The average Bonchev–Trinajstić information content (AvgIpc) is 2.06. The summed E-state index contributed by atoms with van der Waals surface area (Å²) >= 11 is 0. The smallest absolute Gasteiger partial charge is 0.314 e. The van der Waals surface area contributed by atoms with Gasteiger partial charge in [0, 0.05) is 26.2 Å². The van der Waals surface area contributed by atoms with Crippen molar-refractivity contribution in [2.45, 2.75) is 5.76 Å². The highest BCUT2D eigenvalue weighted by Crippen LogP contribution is 2.11. The molecule has 0 aliphatic carbocycles. The van der Waals surface area contributed by atoms with Crippen molar-refractivity contribution in [3.05, 3.63) is 0 Å². The quantitative estimate of drug-likeness (QED) is 0.727. The lowest BCUT2D eigenvalue weighted by atomic mass is 10.4. The van der Waals surface area contributed by atoms with Crippen LogP contribution < -0.4 is 5.32 Å². The van der Waals surface area contributed by atoms with Crippen LogP contribution in [0.5, 0.6) is 0 Å². The van der Waals surface area contributed by atoms with Crippen molar-refractivity contribution in [3.63, 3.8) is 0 Å². The second-order valence-corrected chi connectivity index (χ2v) is 4.36. The fourth-order valence-electron chi connectivity index (χ4n) is 1.01.